The molecule has 0 aliphatic heterocycles. The molecule has 0 fully saturated rings. The number of esters is 3. The van der Waals surface area contributed by atoms with Gasteiger partial charge in [0.25, 0.3) is 0 Å². The first-order chi connectivity index (χ1) is 32.5. The second kappa shape index (κ2) is 55.5. The van der Waals surface area contributed by atoms with E-state index in [0.29, 0.717) is 19.3 Å². The number of hydrogen-bond acceptors (Lipinski definition) is 6. The molecule has 0 rings (SSSR count). The average molecular weight is 930 g/mol. The number of hydrogen-bond donors (Lipinski definition) is 0. The Balaban J connectivity index is 3.98. The highest BCUT2D eigenvalue weighted by Gasteiger charge is 2.19. The van der Waals surface area contributed by atoms with Gasteiger partial charge in [-0.3, -0.25) is 14.4 Å². The quantitative estimate of drug-likeness (QED) is 0.0262. The number of unbranched alkanes of at least 4 members (excludes halogenated alkanes) is 39. The third-order valence-electron chi connectivity index (χ3n) is 13.2. The molecule has 1 atom stereocenters. The molecule has 1 unspecified atom stereocenters. The Morgan fingerprint density at radius 3 is 0.879 bits per heavy atom. The number of ether oxygens (including phenoxy) is 3. The summed E-state index contributed by atoms with van der Waals surface area (Å²) in [6.07, 6.45) is 65.1. The van der Waals surface area contributed by atoms with Gasteiger partial charge in [-0.15, -0.1) is 0 Å². The van der Waals surface area contributed by atoms with Gasteiger partial charge in [0.1, 0.15) is 13.2 Å². The van der Waals surface area contributed by atoms with Crippen LogP contribution in [0.4, 0.5) is 0 Å². The van der Waals surface area contributed by atoms with Gasteiger partial charge in [-0.25, -0.2) is 0 Å². The van der Waals surface area contributed by atoms with Gasteiger partial charge in [-0.2, -0.15) is 0 Å². The summed E-state index contributed by atoms with van der Waals surface area (Å²) in [4.78, 5) is 37.8. The molecule has 0 aromatic heterocycles. The van der Waals surface area contributed by atoms with E-state index in [4.69, 9.17) is 14.2 Å². The van der Waals surface area contributed by atoms with Crippen LogP contribution in [0.3, 0.4) is 0 Å². The lowest BCUT2D eigenvalue weighted by Gasteiger charge is -2.18. The Morgan fingerprint density at radius 2 is 0.561 bits per heavy atom. The molecule has 0 amide bonds. The molecule has 0 aromatic rings. The van der Waals surface area contributed by atoms with Gasteiger partial charge in [0.2, 0.25) is 0 Å². The standard InChI is InChI=1S/C60H112O6/c1-4-7-10-13-16-18-20-22-24-25-26-27-28-29-30-31-32-33-34-35-36-37-39-40-42-44-47-50-53-59(62)65-56-57(55-64-58(61)52-49-46-15-12-9-6-3)66-60(63)54-51-48-45-43-41-38-23-21-19-17-14-11-8-5-2/h14,17,21,23,57H,4-13,15-16,18-20,22,24-56H2,1-3H3/b17-14-,23-21-. The molecule has 0 aliphatic carbocycles. The summed E-state index contributed by atoms with van der Waals surface area (Å²) in [6, 6.07) is 0. The van der Waals surface area contributed by atoms with Crippen LogP contribution in [-0.4, -0.2) is 37.2 Å². The molecule has 0 bridgehead atoms. The van der Waals surface area contributed by atoms with Gasteiger partial charge in [-0.1, -0.05) is 283 Å². The Morgan fingerprint density at radius 1 is 0.303 bits per heavy atom. The predicted octanol–water partition coefficient (Wildman–Crippen LogP) is 19.5. The number of rotatable bonds is 54. The van der Waals surface area contributed by atoms with Crippen molar-refractivity contribution >= 4 is 17.9 Å². The highest BCUT2D eigenvalue weighted by atomic mass is 16.6. The van der Waals surface area contributed by atoms with Crippen LogP contribution in [0.1, 0.15) is 323 Å². The molecular weight excluding hydrogens is 817 g/mol. The van der Waals surface area contributed by atoms with Crippen molar-refractivity contribution in [3.63, 3.8) is 0 Å². The lowest BCUT2D eigenvalue weighted by atomic mass is 10.0. The summed E-state index contributed by atoms with van der Waals surface area (Å²) in [5, 5.41) is 0. The second-order valence-electron chi connectivity index (χ2n) is 19.9. The maximum absolute atomic E-state index is 12.7. The van der Waals surface area contributed by atoms with E-state index in [-0.39, 0.29) is 31.1 Å². The molecule has 0 aliphatic rings. The van der Waals surface area contributed by atoms with Crippen LogP contribution in [0.25, 0.3) is 0 Å². The maximum Gasteiger partial charge on any atom is 0.306 e. The van der Waals surface area contributed by atoms with Crippen molar-refractivity contribution in [3.05, 3.63) is 24.3 Å². The third-order valence-corrected chi connectivity index (χ3v) is 13.2. The summed E-state index contributed by atoms with van der Waals surface area (Å²) in [7, 11) is 0. The van der Waals surface area contributed by atoms with Crippen molar-refractivity contribution in [2.75, 3.05) is 13.2 Å². The Kier molecular flexibility index (Phi) is 53.7. The minimum atomic E-state index is -0.771. The topological polar surface area (TPSA) is 78.9 Å². The fraction of sp³-hybridized carbons (Fsp3) is 0.883. The van der Waals surface area contributed by atoms with Crippen molar-refractivity contribution in [2.45, 2.75) is 329 Å². The van der Waals surface area contributed by atoms with Crippen molar-refractivity contribution in [3.8, 4) is 0 Å². The van der Waals surface area contributed by atoms with E-state index in [2.05, 4.69) is 45.1 Å². The maximum atomic E-state index is 12.7. The van der Waals surface area contributed by atoms with Crippen LogP contribution in [0.15, 0.2) is 24.3 Å². The van der Waals surface area contributed by atoms with Crippen LogP contribution in [-0.2, 0) is 28.6 Å². The lowest BCUT2D eigenvalue weighted by molar-refractivity contribution is -0.167. The molecule has 0 N–H and O–H groups in total. The van der Waals surface area contributed by atoms with Gasteiger partial charge < -0.3 is 14.2 Å². The van der Waals surface area contributed by atoms with E-state index in [1.165, 1.54) is 199 Å². The highest BCUT2D eigenvalue weighted by Crippen LogP contribution is 2.17. The fourth-order valence-corrected chi connectivity index (χ4v) is 8.76. The first kappa shape index (κ1) is 63.9. The first-order valence-corrected chi connectivity index (χ1v) is 29.3. The van der Waals surface area contributed by atoms with E-state index in [1.807, 2.05) is 0 Å². The van der Waals surface area contributed by atoms with E-state index in [9.17, 15) is 14.4 Å². The summed E-state index contributed by atoms with van der Waals surface area (Å²) >= 11 is 0. The molecule has 388 valence electrons. The first-order valence-electron chi connectivity index (χ1n) is 29.3. The van der Waals surface area contributed by atoms with Crippen LogP contribution in [0.2, 0.25) is 0 Å². The van der Waals surface area contributed by atoms with Crippen LogP contribution < -0.4 is 0 Å². The van der Waals surface area contributed by atoms with Crippen LogP contribution in [0.5, 0.6) is 0 Å². The van der Waals surface area contributed by atoms with Crippen LogP contribution >= 0.6 is 0 Å². The third kappa shape index (κ3) is 52.9. The molecule has 0 radical (unpaired) electrons. The molecule has 0 heterocycles. The molecule has 66 heavy (non-hydrogen) atoms. The van der Waals surface area contributed by atoms with Gasteiger partial charge in [0.05, 0.1) is 0 Å². The highest BCUT2D eigenvalue weighted by molar-refractivity contribution is 5.71. The number of carbonyl (C=O) groups is 3. The van der Waals surface area contributed by atoms with Gasteiger partial charge >= 0.3 is 17.9 Å². The molecule has 0 aromatic carbocycles. The smallest absolute Gasteiger partial charge is 0.306 e. The average Bonchev–Trinajstić information content (AvgIpc) is 3.31. The lowest BCUT2D eigenvalue weighted by Crippen LogP contribution is -2.30. The molecule has 0 spiro atoms. The van der Waals surface area contributed by atoms with Gasteiger partial charge in [0, 0.05) is 19.3 Å². The minimum absolute atomic E-state index is 0.0730. The fourth-order valence-electron chi connectivity index (χ4n) is 8.76. The summed E-state index contributed by atoms with van der Waals surface area (Å²) in [5.74, 6) is -0.881. The number of allylic oxidation sites excluding steroid dienone is 4. The zero-order valence-electron chi connectivity index (χ0n) is 44.5. The Bertz CT molecular complexity index is 1070. The van der Waals surface area contributed by atoms with E-state index >= 15 is 0 Å². The largest absolute Gasteiger partial charge is 0.462 e. The minimum Gasteiger partial charge on any atom is -0.462 e. The van der Waals surface area contributed by atoms with E-state index < -0.39 is 6.10 Å². The Labute approximate surface area is 411 Å². The second-order valence-corrected chi connectivity index (χ2v) is 19.9. The van der Waals surface area contributed by atoms with Crippen molar-refractivity contribution in [2.24, 2.45) is 0 Å². The predicted molar refractivity (Wildman–Crippen MR) is 284 cm³/mol. The van der Waals surface area contributed by atoms with Crippen LogP contribution in [0, 0.1) is 0 Å². The van der Waals surface area contributed by atoms with Crippen molar-refractivity contribution in [1.29, 1.82) is 0 Å². The normalized spacial score (nSPS) is 12.1. The van der Waals surface area contributed by atoms with Gasteiger partial charge in [0.15, 0.2) is 6.10 Å². The van der Waals surface area contributed by atoms with E-state index in [1.54, 1.807) is 0 Å². The summed E-state index contributed by atoms with van der Waals surface area (Å²) < 4.78 is 16.7. The Hall–Kier alpha value is -2.11. The molecule has 0 saturated heterocycles. The zero-order valence-corrected chi connectivity index (χ0v) is 44.5. The van der Waals surface area contributed by atoms with Crippen molar-refractivity contribution < 1.29 is 28.6 Å². The molecule has 6 nitrogen and oxygen atoms in total. The van der Waals surface area contributed by atoms with E-state index in [0.717, 1.165) is 83.5 Å². The number of carbonyl (C=O) groups excluding carboxylic acids is 3. The SMILES string of the molecule is CCCC/C=C\C/C=C\CCCCCCCC(=O)OC(COC(=O)CCCCCCCC)COC(=O)CCCCCCCCCCCCCCCCCCCCCCCCCCCCCC. The summed E-state index contributed by atoms with van der Waals surface area (Å²) in [6.45, 7) is 6.57. The molecule has 0 saturated carbocycles. The van der Waals surface area contributed by atoms with Gasteiger partial charge in [-0.05, 0) is 44.9 Å². The molecule has 6 heteroatoms. The molecular formula is C60H112O6. The summed E-state index contributed by atoms with van der Waals surface area (Å²) in [5.41, 5.74) is 0. The monoisotopic (exact) mass is 929 g/mol. The zero-order chi connectivity index (χ0) is 47.9. The van der Waals surface area contributed by atoms with Crippen molar-refractivity contribution in [1.82, 2.24) is 0 Å².